The first-order valence-corrected chi connectivity index (χ1v) is 21.1. The Labute approximate surface area is 349 Å². The predicted octanol–water partition coefficient (Wildman–Crippen LogP) is 10.7. The number of fused-ring (bicyclic) bond motifs is 3. The fourth-order valence-electron chi connectivity index (χ4n) is 7.72. The number of nitriles is 1. The zero-order valence-electron chi connectivity index (χ0n) is 34.9. The Balaban J connectivity index is 1.58. The normalized spacial score (nSPS) is 13.0. The minimum Gasteiger partial charge on any atom is -0.497 e. The molecular weight excluding hydrogens is 762 g/mol. The summed E-state index contributed by atoms with van der Waals surface area (Å²) in [7, 11) is 3.02. The van der Waals surface area contributed by atoms with E-state index < -0.39 is 26.3 Å². The first kappa shape index (κ1) is 43.2. The Morgan fingerprint density at radius 3 is 1.97 bits per heavy atom. The minimum absolute atomic E-state index is 0.0864. The molecule has 5 aromatic rings. The summed E-state index contributed by atoms with van der Waals surface area (Å²) in [6, 6.07) is 41.4. The monoisotopic (exact) mass is 815 g/mol. The van der Waals surface area contributed by atoms with Gasteiger partial charge < -0.3 is 33.3 Å². The summed E-state index contributed by atoms with van der Waals surface area (Å²) in [5.74, 6) is 2.15. The van der Waals surface area contributed by atoms with Gasteiger partial charge in [-0.05, 0) is 92.8 Å². The molecule has 6 rings (SSSR count). The molecule has 1 N–H and O–H groups in total. The highest BCUT2D eigenvalue weighted by molar-refractivity contribution is 7.44. The predicted molar refractivity (Wildman–Crippen MR) is 232 cm³/mol. The number of hydrogen-bond acceptors (Lipinski definition) is 9. The highest BCUT2D eigenvalue weighted by atomic mass is 31.2. The van der Waals surface area contributed by atoms with Crippen LogP contribution in [-0.4, -0.2) is 57.3 Å². The zero-order chi connectivity index (χ0) is 41.9. The molecule has 0 fully saturated rings. The van der Waals surface area contributed by atoms with Crippen LogP contribution in [0, 0.1) is 11.3 Å². The molecule has 2 atom stereocenters. The maximum absolute atomic E-state index is 12.3. The summed E-state index contributed by atoms with van der Waals surface area (Å²) >= 11 is 0. The second-order valence-corrected chi connectivity index (χ2v) is 16.2. The van der Waals surface area contributed by atoms with Crippen molar-refractivity contribution in [1.82, 2.24) is 9.99 Å². The zero-order valence-corrected chi connectivity index (χ0v) is 35.8. The molecular formula is C48H54N3O7P. The molecule has 0 aromatic heterocycles. The van der Waals surface area contributed by atoms with Gasteiger partial charge in [0.2, 0.25) is 0 Å². The summed E-state index contributed by atoms with van der Waals surface area (Å²) < 4.78 is 39.6. The van der Waals surface area contributed by atoms with Crippen LogP contribution in [0.2, 0.25) is 0 Å². The van der Waals surface area contributed by atoms with E-state index in [1.807, 2.05) is 42.5 Å². The molecule has 0 radical (unpaired) electrons. The van der Waals surface area contributed by atoms with Crippen molar-refractivity contribution in [2.45, 2.75) is 70.7 Å². The summed E-state index contributed by atoms with van der Waals surface area (Å²) in [6.07, 6.45) is 0.215. The van der Waals surface area contributed by atoms with Gasteiger partial charge in [-0.3, -0.25) is 0 Å². The molecule has 59 heavy (non-hydrogen) atoms. The van der Waals surface area contributed by atoms with Gasteiger partial charge in [0.25, 0.3) is 8.53 Å². The van der Waals surface area contributed by atoms with Gasteiger partial charge in [0.1, 0.15) is 17.2 Å². The minimum atomic E-state index is -1.65. The largest absolute Gasteiger partial charge is 0.497 e. The molecule has 0 spiro atoms. The molecule has 0 saturated carbocycles. The van der Waals surface area contributed by atoms with Crippen LogP contribution in [0.1, 0.15) is 80.0 Å². The highest BCUT2D eigenvalue weighted by Crippen LogP contribution is 2.53. The number of carbonyl (C=O) groups excluding carboxylic acids is 1. The molecule has 0 bridgehead atoms. The second kappa shape index (κ2) is 20.0. The molecule has 0 saturated heterocycles. The van der Waals surface area contributed by atoms with Gasteiger partial charge in [-0.15, -0.1) is 0 Å². The van der Waals surface area contributed by atoms with Gasteiger partial charge in [0.05, 0.1) is 46.5 Å². The molecule has 10 nitrogen and oxygen atoms in total. The first-order chi connectivity index (χ1) is 28.6. The molecule has 0 heterocycles. The van der Waals surface area contributed by atoms with Gasteiger partial charge in [-0.1, -0.05) is 78.9 Å². The van der Waals surface area contributed by atoms with Gasteiger partial charge in [-0.25, -0.2) is 9.46 Å². The molecule has 5 aromatic carbocycles. The van der Waals surface area contributed by atoms with E-state index in [0.717, 1.165) is 50.4 Å². The van der Waals surface area contributed by atoms with Crippen LogP contribution in [0.3, 0.4) is 0 Å². The molecule has 11 heteroatoms. The Morgan fingerprint density at radius 1 is 0.797 bits per heavy atom. The third-order valence-corrected chi connectivity index (χ3v) is 12.6. The Bertz CT molecular complexity index is 2130. The van der Waals surface area contributed by atoms with Gasteiger partial charge >= 0.3 is 6.09 Å². The molecule has 308 valence electrons. The van der Waals surface area contributed by atoms with E-state index in [-0.39, 0.29) is 31.7 Å². The second-order valence-electron chi connectivity index (χ2n) is 14.8. The van der Waals surface area contributed by atoms with E-state index in [1.165, 1.54) is 12.7 Å². The van der Waals surface area contributed by atoms with Crippen LogP contribution in [0.25, 0.3) is 11.1 Å². The third kappa shape index (κ3) is 9.73. The Hall–Kier alpha value is -5.43. The number of benzene rings is 5. The van der Waals surface area contributed by atoms with Gasteiger partial charge in [-0.2, -0.15) is 5.26 Å². The number of carbonyl (C=O) groups is 1. The van der Waals surface area contributed by atoms with E-state index in [1.54, 1.807) is 14.2 Å². The fraction of sp³-hybridized carbons (Fsp3) is 0.333. The number of alkyl carbamates (subject to hydrolysis) is 1. The number of nitrogens with zero attached hydrogens (tertiary/aromatic N) is 2. The van der Waals surface area contributed by atoms with E-state index in [4.69, 9.17) is 28.0 Å². The Morgan fingerprint density at radius 2 is 1.39 bits per heavy atom. The maximum atomic E-state index is 12.3. The van der Waals surface area contributed by atoms with Crippen molar-refractivity contribution >= 4 is 14.6 Å². The lowest BCUT2D eigenvalue weighted by Crippen LogP contribution is -2.36. The van der Waals surface area contributed by atoms with Crippen LogP contribution in [0.4, 0.5) is 4.79 Å². The van der Waals surface area contributed by atoms with Crippen molar-refractivity contribution in [3.63, 3.8) is 0 Å². The number of rotatable bonds is 19. The van der Waals surface area contributed by atoms with Crippen molar-refractivity contribution in [3.8, 4) is 34.4 Å². The van der Waals surface area contributed by atoms with E-state index in [2.05, 4.69) is 117 Å². The average Bonchev–Trinajstić information content (AvgIpc) is 3.64. The number of nitrogens with one attached hydrogen (secondary N) is 1. The molecule has 1 amide bonds. The molecule has 1 aliphatic rings. The third-order valence-electron chi connectivity index (χ3n) is 10.5. The van der Waals surface area contributed by atoms with Crippen LogP contribution >= 0.6 is 8.53 Å². The standard InChI is InChI=1S/C48H54N3O7P/c1-33(2)51(34(3)4)59(56-29-13-27-49)58-45(26-28-50-47(52)55-7)36-31-43-42-17-12-11-14-35(42)30-44(43)46(32-36)57-48(37-15-9-8-10-16-37,38-18-22-40(53-5)23-19-38)39-20-24-41(54-6)25-21-39/h8-12,14-25,31-34,45H,13,26,28-30H2,1-7H3,(H,50,52). The number of hydrogen-bond donors (Lipinski definition) is 1. The van der Waals surface area contributed by atoms with E-state index in [9.17, 15) is 10.1 Å². The molecule has 0 aliphatic heterocycles. The first-order valence-electron chi connectivity index (χ1n) is 20.0. The maximum Gasteiger partial charge on any atom is 0.406 e. The van der Waals surface area contributed by atoms with Crippen LogP contribution in [0.5, 0.6) is 17.2 Å². The Kier molecular flexibility index (Phi) is 14.6. The van der Waals surface area contributed by atoms with Crippen LogP contribution in [-0.2, 0) is 25.8 Å². The lowest BCUT2D eigenvalue weighted by Gasteiger charge is -2.38. The molecule has 2 unspecified atom stereocenters. The lowest BCUT2D eigenvalue weighted by atomic mass is 9.79. The van der Waals surface area contributed by atoms with Gasteiger partial charge in [0, 0.05) is 47.3 Å². The van der Waals surface area contributed by atoms with E-state index >= 15 is 0 Å². The number of ether oxygens (including phenoxy) is 4. The van der Waals surface area contributed by atoms with Gasteiger partial charge in [0.15, 0.2) is 5.60 Å². The quantitative estimate of drug-likeness (QED) is 0.0485. The van der Waals surface area contributed by atoms with Crippen molar-refractivity contribution in [3.05, 3.63) is 149 Å². The summed E-state index contributed by atoms with van der Waals surface area (Å²) in [5.41, 5.74) is 6.88. The van der Waals surface area contributed by atoms with Crippen molar-refractivity contribution < 1.29 is 32.8 Å². The molecule has 1 aliphatic carbocycles. The van der Waals surface area contributed by atoms with Crippen molar-refractivity contribution in [2.75, 3.05) is 34.5 Å². The fourth-order valence-corrected chi connectivity index (χ4v) is 9.47. The summed E-state index contributed by atoms with van der Waals surface area (Å²) in [6.45, 7) is 8.94. The van der Waals surface area contributed by atoms with Crippen LogP contribution < -0.4 is 19.5 Å². The van der Waals surface area contributed by atoms with Crippen LogP contribution in [0.15, 0.2) is 115 Å². The lowest BCUT2D eigenvalue weighted by molar-refractivity contribution is 0.124. The summed E-state index contributed by atoms with van der Waals surface area (Å²) in [4.78, 5) is 12.3. The van der Waals surface area contributed by atoms with Crippen molar-refractivity contribution in [1.29, 1.82) is 5.26 Å². The van der Waals surface area contributed by atoms with Crippen molar-refractivity contribution in [2.24, 2.45) is 0 Å². The highest BCUT2D eigenvalue weighted by Gasteiger charge is 2.41. The smallest absolute Gasteiger partial charge is 0.406 e. The van der Waals surface area contributed by atoms with E-state index in [0.29, 0.717) is 18.6 Å². The topological polar surface area (TPSA) is 112 Å². The number of amides is 1. The number of methoxy groups -OCH3 is 3. The SMILES string of the molecule is COC(=O)NCCC(OP(OCCC#N)N(C(C)C)C(C)C)c1cc(OC(c2ccccc2)(c2ccc(OC)cc2)c2ccc(OC)cc2)c2c(c1)-c1ccccc1C2. The average molecular weight is 816 g/mol. The summed E-state index contributed by atoms with van der Waals surface area (Å²) in [5, 5.41) is 12.3.